The van der Waals surface area contributed by atoms with E-state index in [1.807, 2.05) is 79.8 Å². The first-order valence-corrected chi connectivity index (χ1v) is 52.1. The van der Waals surface area contributed by atoms with Crippen molar-refractivity contribution in [2.24, 2.45) is 24.8 Å². The quantitative estimate of drug-likeness (QED) is 0.0379. The lowest BCUT2D eigenvalue weighted by Gasteiger charge is -2.34. The Labute approximate surface area is 836 Å². The third-order valence-electron chi connectivity index (χ3n) is 26.7. The van der Waals surface area contributed by atoms with Gasteiger partial charge in [0, 0.05) is 213 Å². The molecule has 0 aliphatic carbocycles. The Morgan fingerprint density at radius 1 is 0.376 bits per heavy atom. The highest BCUT2D eigenvalue weighted by molar-refractivity contribution is 7.16. The molecule has 0 radical (unpaired) electrons. The van der Waals surface area contributed by atoms with Gasteiger partial charge in [-0.15, -0.1) is 34.0 Å². The highest BCUT2D eigenvalue weighted by Gasteiger charge is 2.31. The minimum absolute atomic E-state index is 0. The molecule has 18 aromatic heterocycles. The summed E-state index contributed by atoms with van der Waals surface area (Å²) >= 11 is 5.18. The molecule has 1 aromatic carbocycles. The van der Waals surface area contributed by atoms with E-state index in [-0.39, 0.29) is 7.13 Å². The number of fused-ring (bicyclic) bond motifs is 7. The molecular formula is C101H135N37S3. The summed E-state index contributed by atoms with van der Waals surface area (Å²) in [5.74, 6) is 5.09. The molecule has 19 aromatic rings. The fraction of sp³-hybridized carbons (Fsp3) is 0.426. The number of nitrogens with zero attached hydrogens (tertiary/aromatic N) is 25. The molecule has 0 bridgehead atoms. The van der Waals surface area contributed by atoms with Crippen molar-refractivity contribution in [3.8, 4) is 67.8 Å². The molecule has 3 atom stereocenters. The average molecular weight is 1960 g/mol. The van der Waals surface area contributed by atoms with Crippen LogP contribution in [0.4, 0.5) is 21.9 Å². The average Bonchev–Trinajstić information content (AvgIpc) is 1.61. The second-order valence-electron chi connectivity index (χ2n) is 38.4. The monoisotopic (exact) mass is 1960 g/mol. The number of nitrogens with one attached hydrogen (secondary N) is 12. The minimum atomic E-state index is 0. The number of hydrogen-bond donors (Lipinski definition) is 12. The molecule has 6 fully saturated rings. The molecule has 6 aliphatic rings. The molecule has 25 rings (SSSR count). The van der Waals surface area contributed by atoms with Crippen LogP contribution in [0.1, 0.15) is 127 Å². The number of aryl methyl sites for hydroxylation is 4. The standard InChI is InChI=1S/C18H25N7.C18H24N6S.C18H18N6.C17H22N6S.C15H18N6S.C15H18N6.5H2/c1-12(2)9-13-10-25(8-7-19-13)15-11-24(3)18(21-15)16-14-5-4-6-20-17(14)23-22-16;1-11(2)9-13-10-24(8-7-19-13)18-21-15(12(3)25-18)16-14-5-4-6-20-17(14)23-22-16;1-2-6-15-13(4-1)17(23-24(15)12-7-10-19-11-8-12)16-14-5-3-9-20-18(14)22-21-16;1-11(2)8-12-9-23(7-6-18-12)14-10-24-17(20-14)15-13-4-3-5-19-16(13)22-21-15;1-10-12(13-11-4-2-6-17-14(11)20-19-13)18-15(22-10)21-8-3-5-16-7-9-21;1-10-9-21(11-4-7-16-8-5-11)20-13(10)14-12-3-2-6-17-15(12)19-18-14;;;;;/h4-6,11-13,19H,7-10H2,1-3H3,(H,20,22,23);4-6,11,13,19H,7-10H2,1-3H3,(H,20,22,23);1-6,9,12,19H,7-8,10-11H2,(H,20,21,22);3-5,10-12,18H,6-9H2,1-2H3,(H,19,21,22);2,4,6,16H,3,5,7-9H2,1H3,(H,17,19,20);2-3,6,9,11,16H,4-5,7-8H2,1H3,(H,17,18,19);5*1H/t2*13-;;12-;;;;;;;/m00.0......./s1. The van der Waals surface area contributed by atoms with E-state index in [0.29, 0.717) is 48.0 Å². The number of piperazine rings is 3. The summed E-state index contributed by atoms with van der Waals surface area (Å²) in [5.41, 5.74) is 16.4. The van der Waals surface area contributed by atoms with Crippen LogP contribution in [0.5, 0.6) is 0 Å². The maximum atomic E-state index is 5.00. The van der Waals surface area contributed by atoms with E-state index in [2.05, 4.69) is 261 Å². The van der Waals surface area contributed by atoms with E-state index in [1.165, 1.54) is 40.1 Å². The molecule has 6 aliphatic heterocycles. The molecule has 37 nitrogen and oxygen atoms in total. The van der Waals surface area contributed by atoms with Gasteiger partial charge in [-0.25, -0.2) is 49.8 Å². The number of thiazole rings is 3. The van der Waals surface area contributed by atoms with Crippen LogP contribution in [-0.4, -0.2) is 265 Å². The minimum Gasteiger partial charge on any atom is -0.353 e. The normalized spacial score (nSPS) is 17.4. The van der Waals surface area contributed by atoms with Crippen LogP contribution < -0.4 is 51.5 Å². The largest absolute Gasteiger partial charge is 0.353 e. The SMILES string of the molecule is CC(C)C[C@H]1CN(c2cn(C)c(-c3[nH]nc4ncccc34)n2)CCN1.CC(C)C[C@H]1CN(c2csc(-c3[nH]nc4ncccc34)n2)CCN1.Cc1cn(C2CCNCC2)nc1-c1[nH]nc2ncccc12.Cc1sc(N2CCCNCC2)nc1-c1[nH]nc2ncccc12.Cc1sc(N2CCN[C@@H](CC(C)C)C2)nc1-c1[nH]nc2ncccc12.[HH].[HH].[HH].[HH].[HH].c1cnc2n[nH]c(-c3nn(C4CCNCC4)c4ccccc34)c2c1. The van der Waals surface area contributed by atoms with Crippen molar-refractivity contribution >= 4 is 133 Å². The summed E-state index contributed by atoms with van der Waals surface area (Å²) < 4.78 is 6.39. The van der Waals surface area contributed by atoms with Gasteiger partial charge in [-0.2, -0.15) is 40.8 Å². The molecule has 742 valence electrons. The number of H-pyrrole nitrogens is 6. The van der Waals surface area contributed by atoms with Gasteiger partial charge in [0.2, 0.25) is 0 Å². The fourth-order valence-electron chi connectivity index (χ4n) is 19.9. The lowest BCUT2D eigenvalue weighted by atomic mass is 10.0. The number of pyridine rings is 6. The first-order valence-electron chi connectivity index (χ1n) is 49.6. The maximum absolute atomic E-state index is 5.00. The Balaban J connectivity index is 0.000000131. The topological polar surface area (TPSA) is 427 Å². The van der Waals surface area contributed by atoms with Gasteiger partial charge < -0.3 is 56.1 Å². The third-order valence-corrected chi connectivity index (χ3v) is 29.6. The predicted molar refractivity (Wildman–Crippen MR) is 576 cm³/mol. The Bertz CT molecular complexity index is 7220. The molecule has 0 spiro atoms. The Morgan fingerprint density at radius 2 is 0.780 bits per heavy atom. The fourth-order valence-corrected chi connectivity index (χ4v) is 22.6. The van der Waals surface area contributed by atoms with Gasteiger partial charge >= 0.3 is 0 Å². The first-order chi connectivity index (χ1) is 69.0. The molecule has 6 saturated heterocycles. The van der Waals surface area contributed by atoms with Crippen LogP contribution in [0.2, 0.25) is 0 Å². The lowest BCUT2D eigenvalue weighted by Crippen LogP contribution is -2.51. The van der Waals surface area contributed by atoms with Gasteiger partial charge in [0.15, 0.2) is 50.0 Å². The number of rotatable bonds is 18. The summed E-state index contributed by atoms with van der Waals surface area (Å²) in [6, 6.07) is 34.8. The van der Waals surface area contributed by atoms with Gasteiger partial charge in [-0.05, 0) is 207 Å². The molecular weight excluding hydrogens is 1830 g/mol. The number of benzene rings is 1. The van der Waals surface area contributed by atoms with E-state index in [1.54, 1.807) is 71.2 Å². The Hall–Kier alpha value is -13.3. The zero-order chi connectivity index (χ0) is 96.4. The highest BCUT2D eigenvalue weighted by atomic mass is 32.1. The van der Waals surface area contributed by atoms with Crippen LogP contribution in [0.3, 0.4) is 0 Å². The van der Waals surface area contributed by atoms with Crippen molar-refractivity contribution < 1.29 is 7.13 Å². The van der Waals surface area contributed by atoms with Gasteiger partial charge in [0.05, 0.1) is 40.4 Å². The maximum Gasteiger partial charge on any atom is 0.186 e. The third kappa shape index (κ3) is 21.6. The van der Waals surface area contributed by atoms with E-state index < -0.39 is 0 Å². The second-order valence-corrected chi connectivity index (χ2v) is 41.6. The van der Waals surface area contributed by atoms with E-state index >= 15 is 0 Å². The van der Waals surface area contributed by atoms with Gasteiger partial charge in [-0.3, -0.25) is 40.0 Å². The Kier molecular flexibility index (Phi) is 29.6. The summed E-state index contributed by atoms with van der Waals surface area (Å²) in [7, 11) is 2.03. The van der Waals surface area contributed by atoms with Crippen molar-refractivity contribution in [3.05, 3.63) is 167 Å². The number of imidazole rings is 1. The van der Waals surface area contributed by atoms with Crippen LogP contribution in [0.25, 0.3) is 145 Å². The number of aromatic nitrogens is 27. The number of anilines is 4. The first kappa shape index (κ1) is 95.2. The number of hydrogen-bond acceptors (Lipinski definition) is 31. The molecule has 0 saturated carbocycles. The van der Waals surface area contributed by atoms with Crippen molar-refractivity contribution in [1.82, 2.24) is 167 Å². The highest BCUT2D eigenvalue weighted by Crippen LogP contribution is 2.41. The molecule has 24 heterocycles. The van der Waals surface area contributed by atoms with Crippen molar-refractivity contribution in [1.29, 1.82) is 0 Å². The van der Waals surface area contributed by atoms with Crippen molar-refractivity contribution in [2.75, 3.05) is 131 Å². The van der Waals surface area contributed by atoms with Crippen LogP contribution in [0, 0.1) is 38.5 Å². The smallest absolute Gasteiger partial charge is 0.186 e. The summed E-state index contributed by atoms with van der Waals surface area (Å²) in [5, 5.41) is 87.9. The zero-order valence-electron chi connectivity index (χ0n) is 81.6. The summed E-state index contributed by atoms with van der Waals surface area (Å²) in [6.45, 7) is 37.5. The second kappa shape index (κ2) is 43.8. The Morgan fingerprint density at radius 3 is 1.28 bits per heavy atom. The molecule has 141 heavy (non-hydrogen) atoms. The van der Waals surface area contributed by atoms with Crippen LogP contribution in [0.15, 0.2) is 152 Å². The van der Waals surface area contributed by atoms with Crippen LogP contribution >= 0.6 is 34.0 Å². The summed E-state index contributed by atoms with van der Waals surface area (Å²) in [6.07, 6.45) is 24.0. The lowest BCUT2D eigenvalue weighted by molar-refractivity contribution is 0.343. The van der Waals surface area contributed by atoms with E-state index in [4.69, 9.17) is 30.1 Å². The van der Waals surface area contributed by atoms with Crippen LogP contribution in [-0.2, 0) is 7.05 Å². The molecule has 0 unspecified atom stereocenters. The summed E-state index contributed by atoms with van der Waals surface area (Å²) in [4.78, 5) is 57.3. The zero-order valence-corrected chi connectivity index (χ0v) is 84.1. The van der Waals surface area contributed by atoms with E-state index in [0.717, 1.165) is 305 Å². The van der Waals surface area contributed by atoms with E-state index in [9.17, 15) is 0 Å². The van der Waals surface area contributed by atoms with Gasteiger partial charge in [-0.1, -0.05) is 59.7 Å². The molecule has 12 N–H and O–H groups in total. The van der Waals surface area contributed by atoms with Gasteiger partial charge in [0.1, 0.15) is 50.8 Å². The molecule has 40 heteroatoms. The van der Waals surface area contributed by atoms with Crippen molar-refractivity contribution in [3.63, 3.8) is 0 Å². The number of para-hydroxylation sites is 1. The van der Waals surface area contributed by atoms with Crippen molar-refractivity contribution in [2.45, 2.75) is 144 Å². The van der Waals surface area contributed by atoms with Gasteiger partial charge in [0.25, 0.3) is 0 Å². The number of piperidine rings is 2. The number of aromatic amines is 6. The predicted octanol–water partition coefficient (Wildman–Crippen LogP) is 16.7. The molecule has 0 amide bonds.